The normalized spacial score (nSPS) is 16.2. The monoisotopic (exact) mass is 330 g/mol. The van der Waals surface area contributed by atoms with Crippen LogP contribution < -0.4 is 5.32 Å². The number of hydrogen-bond donors (Lipinski definition) is 1. The minimum Gasteiger partial charge on any atom is -0.378 e. The van der Waals surface area contributed by atoms with Crippen LogP contribution in [-0.4, -0.2) is 39.5 Å². The average Bonchev–Trinajstić information content (AvgIpc) is 2.93. The van der Waals surface area contributed by atoms with Gasteiger partial charge in [-0.25, -0.2) is 9.97 Å². The van der Waals surface area contributed by atoms with Gasteiger partial charge in [0, 0.05) is 37.9 Å². The molecule has 2 heterocycles. The lowest BCUT2D eigenvalue weighted by atomic mass is 10.1. The molecule has 1 aliphatic rings. The van der Waals surface area contributed by atoms with Gasteiger partial charge in [0.1, 0.15) is 0 Å². The molecule has 2 aromatic heterocycles. The van der Waals surface area contributed by atoms with Gasteiger partial charge in [-0.05, 0) is 25.7 Å². The topological polar surface area (TPSA) is 68.5 Å². The lowest BCUT2D eigenvalue weighted by Crippen LogP contribution is -2.26. The van der Waals surface area contributed by atoms with E-state index in [1.165, 1.54) is 38.5 Å². The molecule has 1 fully saturated rings. The first kappa shape index (κ1) is 16.9. The van der Waals surface area contributed by atoms with Crippen molar-refractivity contribution in [1.82, 2.24) is 19.7 Å². The third-order valence-electron chi connectivity index (χ3n) is 4.54. The van der Waals surface area contributed by atoms with Crippen LogP contribution in [0.25, 0.3) is 5.65 Å². The fraction of sp³-hybridized carbons (Fsp3) is 0.611. The van der Waals surface area contributed by atoms with Crippen LogP contribution in [0.1, 0.15) is 61.9 Å². The van der Waals surface area contributed by atoms with Crippen molar-refractivity contribution < 1.29 is 9.53 Å². The van der Waals surface area contributed by atoms with Crippen LogP contribution in [0.4, 0.5) is 0 Å². The Morgan fingerprint density at radius 2 is 1.88 bits per heavy atom. The largest absolute Gasteiger partial charge is 0.378 e. The number of hydrogen-bond acceptors (Lipinski definition) is 4. The highest BCUT2D eigenvalue weighted by Gasteiger charge is 2.13. The van der Waals surface area contributed by atoms with Crippen molar-refractivity contribution >= 4 is 11.6 Å². The van der Waals surface area contributed by atoms with Crippen LogP contribution in [0, 0.1) is 0 Å². The van der Waals surface area contributed by atoms with Crippen molar-refractivity contribution in [3.05, 3.63) is 30.5 Å². The summed E-state index contributed by atoms with van der Waals surface area (Å²) in [5.74, 6) is -0.170. The van der Waals surface area contributed by atoms with Crippen molar-refractivity contribution in [1.29, 1.82) is 0 Å². The van der Waals surface area contributed by atoms with E-state index >= 15 is 0 Å². The first-order chi connectivity index (χ1) is 11.8. The Balaban J connectivity index is 1.34. The van der Waals surface area contributed by atoms with Crippen LogP contribution in [-0.2, 0) is 4.74 Å². The summed E-state index contributed by atoms with van der Waals surface area (Å²) in [6.07, 6.45) is 16.9. The average molecular weight is 330 g/mol. The van der Waals surface area contributed by atoms with Gasteiger partial charge >= 0.3 is 0 Å². The summed E-state index contributed by atoms with van der Waals surface area (Å²) < 4.78 is 7.76. The third kappa shape index (κ3) is 4.54. The minimum absolute atomic E-state index is 0.170. The van der Waals surface area contributed by atoms with Gasteiger partial charge in [0.15, 0.2) is 11.3 Å². The van der Waals surface area contributed by atoms with Crippen LogP contribution in [0.15, 0.2) is 24.8 Å². The van der Waals surface area contributed by atoms with E-state index in [0.29, 0.717) is 24.0 Å². The molecule has 0 unspecified atom stereocenters. The molecule has 0 aliphatic heterocycles. The lowest BCUT2D eigenvalue weighted by molar-refractivity contribution is 0.0409. The first-order valence-corrected chi connectivity index (χ1v) is 9.02. The van der Waals surface area contributed by atoms with Gasteiger partial charge in [0.2, 0.25) is 0 Å². The number of amides is 1. The molecule has 0 atom stereocenters. The zero-order valence-corrected chi connectivity index (χ0v) is 14.1. The van der Waals surface area contributed by atoms with Crippen molar-refractivity contribution in [3.63, 3.8) is 0 Å². The molecule has 6 nitrogen and oxygen atoms in total. The van der Waals surface area contributed by atoms with Crippen molar-refractivity contribution in [2.45, 2.75) is 57.5 Å². The Morgan fingerprint density at radius 1 is 1.12 bits per heavy atom. The number of unbranched alkanes of at least 4 members (excludes halogenated alkanes) is 1. The van der Waals surface area contributed by atoms with Gasteiger partial charge in [-0.1, -0.05) is 25.7 Å². The van der Waals surface area contributed by atoms with Crippen LogP contribution >= 0.6 is 0 Å². The molecule has 1 saturated carbocycles. The highest BCUT2D eigenvalue weighted by Crippen LogP contribution is 2.19. The summed E-state index contributed by atoms with van der Waals surface area (Å²) in [6, 6.07) is 0. The molecule has 0 radical (unpaired) electrons. The number of carbonyl (C=O) groups is 1. The van der Waals surface area contributed by atoms with E-state index in [-0.39, 0.29) is 5.91 Å². The molecule has 0 aromatic carbocycles. The second kappa shape index (κ2) is 8.78. The molecule has 2 aromatic rings. The van der Waals surface area contributed by atoms with Gasteiger partial charge in [0.05, 0.1) is 6.10 Å². The fourth-order valence-corrected chi connectivity index (χ4v) is 3.19. The van der Waals surface area contributed by atoms with Crippen molar-refractivity contribution in [2.24, 2.45) is 0 Å². The Hall–Kier alpha value is -1.95. The van der Waals surface area contributed by atoms with Gasteiger partial charge in [-0.3, -0.25) is 4.79 Å². The number of nitrogens with one attached hydrogen (secondary N) is 1. The van der Waals surface area contributed by atoms with Gasteiger partial charge < -0.3 is 14.5 Å². The Labute approximate surface area is 142 Å². The quantitative estimate of drug-likeness (QED) is 0.626. The smallest absolute Gasteiger partial charge is 0.273 e. The predicted octanol–water partition coefficient (Wildman–Crippen LogP) is 2.98. The molecule has 0 bridgehead atoms. The van der Waals surface area contributed by atoms with E-state index in [0.717, 1.165) is 19.4 Å². The molecule has 130 valence electrons. The molecule has 1 aliphatic carbocycles. The molecule has 0 saturated heterocycles. The Kier molecular flexibility index (Phi) is 6.18. The maximum absolute atomic E-state index is 12.2. The van der Waals surface area contributed by atoms with Gasteiger partial charge in [-0.2, -0.15) is 0 Å². The van der Waals surface area contributed by atoms with Crippen LogP contribution in [0.2, 0.25) is 0 Å². The Morgan fingerprint density at radius 3 is 2.67 bits per heavy atom. The van der Waals surface area contributed by atoms with Crippen molar-refractivity contribution in [2.75, 3.05) is 13.2 Å². The van der Waals surface area contributed by atoms with Gasteiger partial charge in [0.25, 0.3) is 5.91 Å². The summed E-state index contributed by atoms with van der Waals surface area (Å²) in [4.78, 5) is 20.5. The predicted molar refractivity (Wildman–Crippen MR) is 92.0 cm³/mol. The summed E-state index contributed by atoms with van der Waals surface area (Å²) in [5.41, 5.74) is 0.962. The third-order valence-corrected chi connectivity index (χ3v) is 4.54. The van der Waals surface area contributed by atoms with E-state index < -0.39 is 0 Å². The zero-order valence-electron chi connectivity index (χ0n) is 14.1. The van der Waals surface area contributed by atoms with E-state index in [1.807, 2.05) is 0 Å². The maximum atomic E-state index is 12.2. The summed E-state index contributed by atoms with van der Waals surface area (Å²) in [7, 11) is 0. The SMILES string of the molecule is O=C(NCCCCOC1CCCCCC1)c1nccn2ccnc12. The standard InChI is InChI=1S/C18H26N4O2/c23-18(16-17-20-11-13-22(17)12-10-19-16)21-9-5-6-14-24-15-7-3-1-2-4-8-15/h10-13,15H,1-9,14H2,(H,21,23). The van der Waals surface area contributed by atoms with Gasteiger partial charge in [-0.15, -0.1) is 0 Å². The first-order valence-electron chi connectivity index (χ1n) is 9.02. The molecule has 1 amide bonds. The number of rotatable bonds is 7. The molecule has 1 N–H and O–H groups in total. The number of carbonyl (C=O) groups excluding carboxylic acids is 1. The van der Waals surface area contributed by atoms with E-state index in [4.69, 9.17) is 4.74 Å². The molecule has 3 rings (SSSR count). The zero-order chi connectivity index (χ0) is 16.6. The second-order valence-electron chi connectivity index (χ2n) is 6.38. The summed E-state index contributed by atoms with van der Waals surface area (Å²) in [6.45, 7) is 1.42. The fourth-order valence-electron chi connectivity index (χ4n) is 3.19. The summed E-state index contributed by atoms with van der Waals surface area (Å²) >= 11 is 0. The number of ether oxygens (including phenoxy) is 1. The highest BCUT2D eigenvalue weighted by atomic mass is 16.5. The number of aromatic nitrogens is 3. The highest BCUT2D eigenvalue weighted by molar-refractivity contribution is 5.97. The molecule has 24 heavy (non-hydrogen) atoms. The van der Waals surface area contributed by atoms with E-state index in [2.05, 4.69) is 15.3 Å². The second-order valence-corrected chi connectivity index (χ2v) is 6.38. The molecular formula is C18H26N4O2. The van der Waals surface area contributed by atoms with Crippen LogP contribution in [0.5, 0.6) is 0 Å². The molecule has 6 heteroatoms. The van der Waals surface area contributed by atoms with E-state index in [1.54, 1.807) is 29.2 Å². The summed E-state index contributed by atoms with van der Waals surface area (Å²) in [5, 5.41) is 2.92. The van der Waals surface area contributed by atoms with Crippen LogP contribution in [0.3, 0.4) is 0 Å². The molecule has 0 spiro atoms. The molecular weight excluding hydrogens is 304 g/mol. The number of fused-ring (bicyclic) bond motifs is 1. The number of nitrogens with zero attached hydrogens (tertiary/aromatic N) is 3. The maximum Gasteiger partial charge on any atom is 0.273 e. The lowest BCUT2D eigenvalue weighted by Gasteiger charge is -2.15. The van der Waals surface area contributed by atoms with E-state index in [9.17, 15) is 4.79 Å². The number of imidazole rings is 1. The van der Waals surface area contributed by atoms with Crippen molar-refractivity contribution in [3.8, 4) is 0 Å². The minimum atomic E-state index is -0.170. The Bertz CT molecular complexity index is 647.